The predicted molar refractivity (Wildman–Crippen MR) is 164 cm³/mol. The van der Waals surface area contributed by atoms with Crippen molar-refractivity contribution in [1.29, 1.82) is 0 Å². The van der Waals surface area contributed by atoms with Crippen molar-refractivity contribution in [3.8, 4) is 17.2 Å². The van der Waals surface area contributed by atoms with Crippen molar-refractivity contribution in [1.82, 2.24) is 9.99 Å². The minimum Gasteiger partial charge on any atom is -0.486 e. The van der Waals surface area contributed by atoms with Gasteiger partial charge in [0.05, 0.1) is 12.8 Å². The van der Waals surface area contributed by atoms with E-state index in [2.05, 4.69) is 41.1 Å². The number of amides is 1. The highest BCUT2D eigenvalue weighted by Gasteiger charge is 2.18. The molecule has 2 aromatic heterocycles. The second kappa shape index (κ2) is 13.1. The minimum atomic E-state index is -0.822. The van der Waals surface area contributed by atoms with E-state index >= 15 is 0 Å². The van der Waals surface area contributed by atoms with Crippen LogP contribution in [0.4, 0.5) is 0 Å². The first kappa shape index (κ1) is 29.2. The maximum absolute atomic E-state index is 12.8. The number of hydrazone groups is 1. The summed E-state index contributed by atoms with van der Waals surface area (Å²) in [5, 5.41) is 5.94. The molecular weight excluding hydrogens is 546 g/mol. The molecule has 9 heteroatoms. The zero-order valence-corrected chi connectivity index (χ0v) is 24.5. The van der Waals surface area contributed by atoms with Gasteiger partial charge in [0.25, 0.3) is 0 Å². The highest BCUT2D eigenvalue weighted by Crippen LogP contribution is 2.28. The molecule has 0 fully saturated rings. The van der Waals surface area contributed by atoms with E-state index in [0.717, 1.165) is 27.8 Å². The number of benzene rings is 3. The summed E-state index contributed by atoms with van der Waals surface area (Å²) in [5.74, 6) is 0.711. The largest absolute Gasteiger partial charge is 0.486 e. The van der Waals surface area contributed by atoms with E-state index in [0.29, 0.717) is 22.8 Å². The summed E-state index contributed by atoms with van der Waals surface area (Å²) in [7, 11) is 0. The Kier molecular flexibility index (Phi) is 8.90. The van der Waals surface area contributed by atoms with E-state index in [1.165, 1.54) is 6.21 Å². The summed E-state index contributed by atoms with van der Waals surface area (Å²) in [6.07, 6.45) is 0.665. The first-order valence-corrected chi connectivity index (χ1v) is 14.0. The lowest BCUT2D eigenvalue weighted by molar-refractivity contribution is -0.150. The van der Waals surface area contributed by atoms with Gasteiger partial charge < -0.3 is 23.2 Å². The number of fused-ring (bicyclic) bond motifs is 1. The Hall–Kier alpha value is -5.31. The third-order valence-corrected chi connectivity index (χ3v) is 6.85. The Morgan fingerprint density at radius 3 is 2.44 bits per heavy atom. The Morgan fingerprint density at radius 1 is 0.953 bits per heavy atom. The van der Waals surface area contributed by atoms with Crippen LogP contribution in [-0.4, -0.2) is 35.4 Å². The lowest BCUT2D eigenvalue weighted by Gasteiger charge is -2.16. The average molecular weight is 580 g/mol. The average Bonchev–Trinajstić information content (AvgIpc) is 3.63. The third-order valence-electron chi connectivity index (χ3n) is 6.85. The van der Waals surface area contributed by atoms with Crippen LogP contribution in [0.25, 0.3) is 16.5 Å². The molecule has 0 spiro atoms. The number of nitrogens with zero attached hydrogens (tertiary/aromatic N) is 2. The molecule has 0 bridgehead atoms. The Balaban J connectivity index is 1.22. The Morgan fingerprint density at radius 2 is 1.70 bits per heavy atom. The van der Waals surface area contributed by atoms with E-state index < -0.39 is 18.0 Å². The molecule has 9 nitrogen and oxygen atoms in total. The maximum Gasteiger partial charge on any atom is 0.347 e. The quantitative estimate of drug-likeness (QED) is 0.109. The van der Waals surface area contributed by atoms with Gasteiger partial charge in [-0.15, -0.1) is 0 Å². The van der Waals surface area contributed by atoms with Crippen LogP contribution >= 0.6 is 0 Å². The van der Waals surface area contributed by atoms with Crippen molar-refractivity contribution < 1.29 is 28.2 Å². The summed E-state index contributed by atoms with van der Waals surface area (Å²) < 4.78 is 24.7. The molecule has 5 rings (SSSR count). The monoisotopic (exact) mass is 579 g/mol. The number of nitrogens with one attached hydrogen (secondary N) is 1. The number of rotatable bonds is 11. The number of carbonyl (C=O) groups is 2. The Labute approximate surface area is 249 Å². The fraction of sp³-hybridized carbons (Fsp3) is 0.206. The molecule has 0 saturated carbocycles. The number of hydrogen-bond donors (Lipinski definition) is 1. The van der Waals surface area contributed by atoms with Crippen LogP contribution in [0.3, 0.4) is 0 Å². The molecule has 5 aromatic rings. The number of ether oxygens (including phenoxy) is 3. The predicted octanol–water partition coefficient (Wildman–Crippen LogP) is 6.51. The molecule has 0 aliphatic heterocycles. The van der Waals surface area contributed by atoms with Crippen LogP contribution in [0.15, 0.2) is 94.4 Å². The zero-order valence-electron chi connectivity index (χ0n) is 24.5. The molecular formula is C34H33N3O6. The maximum atomic E-state index is 12.8. The lowest BCUT2D eigenvalue weighted by Crippen LogP contribution is -2.26. The van der Waals surface area contributed by atoms with Crippen molar-refractivity contribution >= 4 is 28.9 Å². The molecule has 0 unspecified atom stereocenters. The van der Waals surface area contributed by atoms with E-state index in [1.807, 2.05) is 54.6 Å². The molecule has 220 valence electrons. The highest BCUT2D eigenvalue weighted by molar-refractivity contribution is 6.03. The van der Waals surface area contributed by atoms with Gasteiger partial charge in [-0.3, -0.25) is 4.79 Å². The van der Waals surface area contributed by atoms with Crippen LogP contribution in [0.1, 0.15) is 47.1 Å². The fourth-order valence-corrected chi connectivity index (χ4v) is 4.72. The molecule has 0 aliphatic carbocycles. The minimum absolute atomic E-state index is 0.0926. The highest BCUT2D eigenvalue weighted by atomic mass is 16.6. The van der Waals surface area contributed by atoms with Gasteiger partial charge in [0, 0.05) is 22.6 Å². The summed E-state index contributed by atoms with van der Waals surface area (Å²) >= 11 is 0. The van der Waals surface area contributed by atoms with E-state index in [-0.39, 0.29) is 19.0 Å². The standard InChI is InChI=1S/C34H33N3O6/c1-5-40-34(39)24(4)42-31-18-12-25-8-6-7-9-29(25)30(31)20-35-36-33(38)32-19-17-28(43-32)21-41-27-15-13-26(14-16-27)37-22(2)10-11-23(37)3/h6-20,24H,5,21H2,1-4H3,(H,36,38)/b35-20+/t24-/m0/s1. The summed E-state index contributed by atoms with van der Waals surface area (Å²) in [6.45, 7) is 7.91. The topological polar surface area (TPSA) is 104 Å². The second-order valence-corrected chi connectivity index (χ2v) is 9.91. The molecule has 2 heterocycles. The number of hydrogen-bond acceptors (Lipinski definition) is 7. The lowest BCUT2D eigenvalue weighted by atomic mass is 10.0. The van der Waals surface area contributed by atoms with Crippen molar-refractivity contribution in [2.24, 2.45) is 5.10 Å². The van der Waals surface area contributed by atoms with Crippen LogP contribution in [0, 0.1) is 13.8 Å². The second-order valence-electron chi connectivity index (χ2n) is 9.91. The number of carbonyl (C=O) groups excluding carboxylic acids is 2. The first-order chi connectivity index (χ1) is 20.8. The van der Waals surface area contributed by atoms with Crippen molar-refractivity contribution in [3.05, 3.63) is 113 Å². The molecule has 1 atom stereocenters. The number of aromatic nitrogens is 1. The Bertz CT molecular complexity index is 1750. The van der Waals surface area contributed by atoms with Gasteiger partial charge in [-0.25, -0.2) is 10.2 Å². The zero-order chi connectivity index (χ0) is 30.3. The normalized spacial score (nSPS) is 11.9. The van der Waals surface area contributed by atoms with Crippen LogP contribution < -0.4 is 14.9 Å². The van der Waals surface area contributed by atoms with Gasteiger partial charge in [-0.1, -0.05) is 30.3 Å². The van der Waals surface area contributed by atoms with Gasteiger partial charge in [0.15, 0.2) is 11.9 Å². The molecule has 0 aliphatic rings. The summed E-state index contributed by atoms with van der Waals surface area (Å²) in [5.41, 5.74) is 6.48. The van der Waals surface area contributed by atoms with Gasteiger partial charge in [-0.2, -0.15) is 5.10 Å². The fourth-order valence-electron chi connectivity index (χ4n) is 4.72. The van der Waals surface area contributed by atoms with Gasteiger partial charge in [0.1, 0.15) is 23.9 Å². The van der Waals surface area contributed by atoms with Crippen LogP contribution in [0.2, 0.25) is 0 Å². The molecule has 1 amide bonds. The summed E-state index contributed by atoms with van der Waals surface area (Å²) in [4.78, 5) is 24.9. The molecule has 43 heavy (non-hydrogen) atoms. The number of esters is 1. The van der Waals surface area contributed by atoms with Gasteiger partial charge >= 0.3 is 11.9 Å². The SMILES string of the molecule is CCOC(=O)[C@H](C)Oc1ccc2ccccc2c1/C=N/NC(=O)c1ccc(COc2ccc(-n3c(C)ccc3C)cc2)o1. The van der Waals surface area contributed by atoms with Crippen molar-refractivity contribution in [3.63, 3.8) is 0 Å². The smallest absolute Gasteiger partial charge is 0.347 e. The molecule has 1 N–H and O–H groups in total. The molecule has 0 saturated heterocycles. The number of aryl methyl sites for hydroxylation is 2. The first-order valence-electron chi connectivity index (χ1n) is 14.0. The van der Waals surface area contributed by atoms with E-state index in [1.54, 1.807) is 32.0 Å². The van der Waals surface area contributed by atoms with Crippen molar-refractivity contribution in [2.45, 2.75) is 40.4 Å². The van der Waals surface area contributed by atoms with E-state index in [9.17, 15) is 9.59 Å². The summed E-state index contributed by atoms with van der Waals surface area (Å²) in [6, 6.07) is 26.6. The van der Waals surface area contributed by atoms with Crippen molar-refractivity contribution in [2.75, 3.05) is 6.61 Å². The van der Waals surface area contributed by atoms with Crippen LogP contribution in [-0.2, 0) is 16.1 Å². The van der Waals surface area contributed by atoms with Crippen LogP contribution in [0.5, 0.6) is 11.5 Å². The molecule has 0 radical (unpaired) electrons. The number of furan rings is 1. The van der Waals surface area contributed by atoms with Gasteiger partial charge in [0.2, 0.25) is 0 Å². The van der Waals surface area contributed by atoms with Gasteiger partial charge in [-0.05, 0) is 93.1 Å². The third kappa shape index (κ3) is 6.78. The van der Waals surface area contributed by atoms with E-state index in [4.69, 9.17) is 18.6 Å². The molecule has 3 aromatic carbocycles.